The van der Waals surface area contributed by atoms with Gasteiger partial charge in [-0.25, -0.2) is 9.37 Å². The fourth-order valence-corrected chi connectivity index (χ4v) is 4.79. The summed E-state index contributed by atoms with van der Waals surface area (Å²) in [6.45, 7) is 2.08. The Morgan fingerprint density at radius 2 is 1.97 bits per heavy atom. The van der Waals surface area contributed by atoms with E-state index in [4.69, 9.17) is 26.8 Å². The number of hydrogen-bond acceptors (Lipinski definition) is 4. The normalized spacial score (nSPS) is 20.8. The van der Waals surface area contributed by atoms with Gasteiger partial charge in [0.15, 0.2) is 0 Å². The molecule has 4 rings (SSSR count). The van der Waals surface area contributed by atoms with Crippen molar-refractivity contribution in [1.82, 2.24) is 4.98 Å². The van der Waals surface area contributed by atoms with Crippen LogP contribution in [-0.4, -0.2) is 18.2 Å². The molecule has 1 saturated carbocycles. The molecule has 1 aromatic heterocycles. The number of pyridine rings is 1. The number of rotatable bonds is 6. The molecule has 0 spiro atoms. The number of benzene rings is 2. The van der Waals surface area contributed by atoms with Crippen LogP contribution in [0.25, 0.3) is 10.8 Å². The second-order valence-electron chi connectivity index (χ2n) is 7.97. The van der Waals surface area contributed by atoms with Crippen LogP contribution >= 0.6 is 11.6 Å². The van der Waals surface area contributed by atoms with Crippen LogP contribution in [0.5, 0.6) is 11.6 Å². The molecule has 3 aromatic rings. The Morgan fingerprint density at radius 1 is 1.20 bits per heavy atom. The minimum Gasteiger partial charge on any atom is -0.489 e. The number of nitrogens with two attached hydrogens (primary N) is 1. The van der Waals surface area contributed by atoms with E-state index in [1.54, 1.807) is 25.4 Å². The Labute approximate surface area is 181 Å². The molecule has 4 nitrogen and oxygen atoms in total. The van der Waals surface area contributed by atoms with Crippen molar-refractivity contribution in [2.24, 2.45) is 11.7 Å². The molecule has 30 heavy (non-hydrogen) atoms. The molecule has 0 saturated heterocycles. The molecule has 0 bridgehead atoms. The Kier molecular flexibility index (Phi) is 5.85. The highest BCUT2D eigenvalue weighted by atomic mass is 35.5. The van der Waals surface area contributed by atoms with Gasteiger partial charge in [0, 0.05) is 17.1 Å². The van der Waals surface area contributed by atoms with E-state index in [1.165, 1.54) is 12.1 Å². The number of aromatic nitrogens is 1. The summed E-state index contributed by atoms with van der Waals surface area (Å²) >= 11 is 6.51. The lowest BCUT2D eigenvalue weighted by atomic mass is 9.76. The van der Waals surface area contributed by atoms with Gasteiger partial charge >= 0.3 is 0 Å². The predicted molar refractivity (Wildman–Crippen MR) is 118 cm³/mol. The van der Waals surface area contributed by atoms with Gasteiger partial charge in [0.05, 0.1) is 18.2 Å². The zero-order valence-electron chi connectivity index (χ0n) is 17.2. The monoisotopic (exact) mass is 428 g/mol. The van der Waals surface area contributed by atoms with Gasteiger partial charge in [0.25, 0.3) is 0 Å². The van der Waals surface area contributed by atoms with Crippen LogP contribution < -0.4 is 15.2 Å². The maximum atomic E-state index is 13.4. The van der Waals surface area contributed by atoms with E-state index in [0.29, 0.717) is 16.7 Å². The lowest BCUT2D eigenvalue weighted by Crippen LogP contribution is -2.43. The van der Waals surface area contributed by atoms with Crippen molar-refractivity contribution < 1.29 is 13.9 Å². The molecule has 1 heterocycles. The van der Waals surface area contributed by atoms with Gasteiger partial charge in [0.2, 0.25) is 5.88 Å². The van der Waals surface area contributed by atoms with Crippen LogP contribution in [0.2, 0.25) is 5.02 Å². The largest absolute Gasteiger partial charge is 0.489 e. The second kappa shape index (κ2) is 8.40. The summed E-state index contributed by atoms with van der Waals surface area (Å²) in [5, 5.41) is 2.35. The third kappa shape index (κ3) is 3.84. The molecule has 1 aliphatic carbocycles. The maximum absolute atomic E-state index is 13.4. The summed E-state index contributed by atoms with van der Waals surface area (Å²) in [6.07, 6.45) is 5.20. The van der Waals surface area contributed by atoms with E-state index >= 15 is 0 Å². The SMILES string of the molecule is CCC(N)(c1ccc(F)cc1)C1CCC(Oc2cc3ccnc(OC)c3cc2Cl)C1. The molecule has 2 N–H and O–H groups in total. The summed E-state index contributed by atoms with van der Waals surface area (Å²) < 4.78 is 25.0. The zero-order valence-corrected chi connectivity index (χ0v) is 18.0. The molecule has 1 fully saturated rings. The van der Waals surface area contributed by atoms with E-state index in [2.05, 4.69) is 11.9 Å². The molecule has 0 aliphatic heterocycles. The molecule has 1 aliphatic rings. The standard InChI is InChI=1S/C24H26ClFN2O2/c1-3-24(27,16-4-7-18(26)8-5-16)17-6-9-19(13-17)30-22-12-15-10-11-28-23(29-2)20(15)14-21(22)25/h4-5,7-8,10-12,14,17,19H,3,6,9,13,27H2,1-2H3. The maximum Gasteiger partial charge on any atom is 0.221 e. The number of halogens is 2. The molecule has 158 valence electrons. The minimum absolute atomic E-state index is 0.0311. The highest BCUT2D eigenvalue weighted by Crippen LogP contribution is 2.43. The number of nitrogens with zero attached hydrogens (tertiary/aromatic N) is 1. The van der Waals surface area contributed by atoms with Crippen LogP contribution in [-0.2, 0) is 5.54 Å². The molecule has 0 radical (unpaired) electrons. The van der Waals surface area contributed by atoms with E-state index < -0.39 is 5.54 Å². The Bertz CT molecular complexity index is 1040. The first kappa shape index (κ1) is 20.9. The second-order valence-corrected chi connectivity index (χ2v) is 8.38. The molecule has 3 atom stereocenters. The van der Waals surface area contributed by atoms with Crippen LogP contribution in [0.15, 0.2) is 48.7 Å². The van der Waals surface area contributed by atoms with Crippen molar-refractivity contribution in [3.8, 4) is 11.6 Å². The average molecular weight is 429 g/mol. The van der Waals surface area contributed by atoms with Gasteiger partial charge in [-0.15, -0.1) is 0 Å². The van der Waals surface area contributed by atoms with Gasteiger partial charge < -0.3 is 15.2 Å². The number of ether oxygens (including phenoxy) is 2. The first-order valence-electron chi connectivity index (χ1n) is 10.3. The van der Waals surface area contributed by atoms with Gasteiger partial charge in [-0.1, -0.05) is 30.7 Å². The summed E-state index contributed by atoms with van der Waals surface area (Å²) in [7, 11) is 1.59. The highest BCUT2D eigenvalue weighted by molar-refractivity contribution is 6.33. The van der Waals surface area contributed by atoms with E-state index in [9.17, 15) is 4.39 Å². The van der Waals surface area contributed by atoms with Crippen LogP contribution in [0, 0.1) is 11.7 Å². The van der Waals surface area contributed by atoms with Crippen LogP contribution in [0.1, 0.15) is 38.2 Å². The third-order valence-electron chi connectivity index (χ3n) is 6.35. The van der Waals surface area contributed by atoms with Crippen molar-refractivity contribution in [2.45, 2.75) is 44.2 Å². The lowest BCUT2D eigenvalue weighted by molar-refractivity contribution is 0.186. The molecular weight excluding hydrogens is 403 g/mol. The van der Waals surface area contributed by atoms with Gasteiger partial charge in [-0.3, -0.25) is 0 Å². The number of fused-ring (bicyclic) bond motifs is 1. The quantitative estimate of drug-likeness (QED) is 0.535. The summed E-state index contributed by atoms with van der Waals surface area (Å²) in [5.74, 6) is 1.20. The van der Waals surface area contributed by atoms with Crippen molar-refractivity contribution in [3.05, 3.63) is 65.1 Å². The van der Waals surface area contributed by atoms with Crippen molar-refractivity contribution in [2.75, 3.05) is 7.11 Å². The van der Waals surface area contributed by atoms with Crippen molar-refractivity contribution in [1.29, 1.82) is 0 Å². The Hall–Kier alpha value is -2.37. The number of hydrogen-bond donors (Lipinski definition) is 1. The van der Waals surface area contributed by atoms with E-state index in [1.807, 2.05) is 18.2 Å². The third-order valence-corrected chi connectivity index (χ3v) is 6.64. The van der Waals surface area contributed by atoms with Gasteiger partial charge in [-0.05, 0) is 72.9 Å². The summed E-state index contributed by atoms with van der Waals surface area (Å²) in [5.41, 5.74) is 7.31. The topological polar surface area (TPSA) is 57.4 Å². The first-order chi connectivity index (χ1) is 14.4. The lowest BCUT2D eigenvalue weighted by Gasteiger charge is -2.35. The van der Waals surface area contributed by atoms with E-state index in [-0.39, 0.29) is 17.8 Å². The smallest absolute Gasteiger partial charge is 0.221 e. The molecule has 3 unspecified atom stereocenters. The predicted octanol–water partition coefficient (Wildman–Crippen LogP) is 5.85. The molecule has 2 aromatic carbocycles. The highest BCUT2D eigenvalue weighted by Gasteiger charge is 2.40. The van der Waals surface area contributed by atoms with Crippen LogP contribution in [0.3, 0.4) is 0 Å². The first-order valence-corrected chi connectivity index (χ1v) is 10.7. The minimum atomic E-state index is -0.502. The average Bonchev–Trinajstić information content (AvgIpc) is 3.23. The molecule has 0 amide bonds. The van der Waals surface area contributed by atoms with Gasteiger partial charge in [-0.2, -0.15) is 0 Å². The Morgan fingerprint density at radius 3 is 2.67 bits per heavy atom. The molecular formula is C24H26ClFN2O2. The molecule has 6 heteroatoms. The van der Waals surface area contributed by atoms with Crippen molar-refractivity contribution in [3.63, 3.8) is 0 Å². The van der Waals surface area contributed by atoms with Crippen LogP contribution in [0.4, 0.5) is 4.39 Å². The Balaban J connectivity index is 1.53. The summed E-state index contributed by atoms with van der Waals surface area (Å²) in [6, 6.07) is 12.2. The van der Waals surface area contributed by atoms with Gasteiger partial charge in [0.1, 0.15) is 11.6 Å². The number of methoxy groups -OCH3 is 1. The fourth-order valence-electron chi connectivity index (χ4n) is 4.58. The zero-order chi connectivity index (χ0) is 21.3. The van der Waals surface area contributed by atoms with Crippen molar-refractivity contribution >= 4 is 22.4 Å². The fraction of sp³-hybridized carbons (Fsp3) is 0.375. The summed E-state index contributed by atoms with van der Waals surface area (Å²) in [4.78, 5) is 4.22. The van der Waals surface area contributed by atoms with E-state index in [0.717, 1.165) is 42.0 Å².